The lowest BCUT2D eigenvalue weighted by molar-refractivity contribution is 0.103. The minimum atomic E-state index is -0.188. The van der Waals surface area contributed by atoms with E-state index in [1.165, 1.54) is 11.3 Å². The van der Waals surface area contributed by atoms with Crippen LogP contribution in [0.2, 0.25) is 0 Å². The van der Waals surface area contributed by atoms with E-state index in [4.69, 9.17) is 0 Å². The van der Waals surface area contributed by atoms with Gasteiger partial charge in [-0.2, -0.15) is 0 Å². The zero-order chi connectivity index (χ0) is 18.5. The van der Waals surface area contributed by atoms with Gasteiger partial charge in [0.1, 0.15) is 10.7 Å². The molecular weight excluding hydrogens is 392 g/mol. The summed E-state index contributed by atoms with van der Waals surface area (Å²) >= 11 is 1.30. The Balaban J connectivity index is 0.00000225. The summed E-state index contributed by atoms with van der Waals surface area (Å²) in [5, 5.41) is 6.72. The van der Waals surface area contributed by atoms with Crippen molar-refractivity contribution >= 4 is 46.3 Å². The zero-order valence-electron chi connectivity index (χ0n) is 14.7. The number of hydrogen-bond donors (Lipinski definition) is 2. The lowest BCUT2D eigenvalue weighted by Gasteiger charge is -2.05. The number of nitrogens with one attached hydrogen (secondary N) is 2. The standard InChI is InChI=1S/C21H16N4OS.ClH/c26-20(23-16-11-5-2-6-12-16)19-18(15-9-3-1-4-10-15)25-21(27-19)24-17-13-7-8-14-22-17;/h1-14H,(H,23,26)(H,22,24,25);1H. The SMILES string of the molecule is Cl.O=C(Nc1ccccc1)c1sc(Nc2ccccn2)nc1-c1ccccc1. The van der Waals surface area contributed by atoms with Gasteiger partial charge >= 0.3 is 0 Å². The molecule has 28 heavy (non-hydrogen) atoms. The predicted molar refractivity (Wildman–Crippen MR) is 117 cm³/mol. The van der Waals surface area contributed by atoms with E-state index in [0.717, 1.165) is 11.3 Å². The summed E-state index contributed by atoms with van der Waals surface area (Å²) in [7, 11) is 0. The smallest absolute Gasteiger partial charge is 0.268 e. The van der Waals surface area contributed by atoms with Crippen molar-refractivity contribution < 1.29 is 4.79 Å². The van der Waals surface area contributed by atoms with Crippen molar-refractivity contribution in [3.05, 3.63) is 89.9 Å². The third-order valence-electron chi connectivity index (χ3n) is 3.81. The molecule has 2 heterocycles. The number of carbonyl (C=O) groups is 1. The molecule has 0 aliphatic carbocycles. The number of benzene rings is 2. The normalized spacial score (nSPS) is 10.0. The molecule has 2 aromatic heterocycles. The molecule has 2 N–H and O–H groups in total. The first-order valence-corrected chi connectivity index (χ1v) is 9.22. The lowest BCUT2D eigenvalue weighted by atomic mass is 10.1. The van der Waals surface area contributed by atoms with Crippen molar-refractivity contribution in [3.8, 4) is 11.3 Å². The summed E-state index contributed by atoms with van der Waals surface area (Å²) in [5.41, 5.74) is 2.28. The molecule has 140 valence electrons. The Bertz CT molecular complexity index is 1040. The fraction of sp³-hybridized carbons (Fsp3) is 0. The van der Waals surface area contributed by atoms with E-state index in [1.807, 2.05) is 78.9 Å². The Hall–Kier alpha value is -3.22. The first-order chi connectivity index (χ1) is 13.3. The quantitative estimate of drug-likeness (QED) is 0.449. The maximum absolute atomic E-state index is 12.9. The molecule has 4 aromatic rings. The van der Waals surface area contributed by atoms with Gasteiger partial charge in [-0.15, -0.1) is 12.4 Å². The van der Waals surface area contributed by atoms with Gasteiger partial charge in [-0.3, -0.25) is 4.79 Å². The van der Waals surface area contributed by atoms with Crippen LogP contribution in [0.25, 0.3) is 11.3 Å². The maximum Gasteiger partial charge on any atom is 0.268 e. The van der Waals surface area contributed by atoms with Gasteiger partial charge in [-0.1, -0.05) is 65.9 Å². The van der Waals surface area contributed by atoms with Crippen molar-refractivity contribution in [3.63, 3.8) is 0 Å². The number of anilines is 3. The summed E-state index contributed by atoms with van der Waals surface area (Å²) in [4.78, 5) is 22.3. The molecule has 0 unspecified atom stereocenters. The third-order valence-corrected chi connectivity index (χ3v) is 4.78. The highest BCUT2D eigenvalue weighted by atomic mass is 35.5. The molecule has 0 saturated carbocycles. The van der Waals surface area contributed by atoms with Crippen LogP contribution in [0.15, 0.2) is 85.1 Å². The molecule has 4 rings (SSSR count). The molecule has 0 fully saturated rings. The van der Waals surface area contributed by atoms with Crippen molar-refractivity contribution in [2.24, 2.45) is 0 Å². The van der Waals surface area contributed by atoms with Gasteiger partial charge in [0, 0.05) is 17.4 Å². The largest absolute Gasteiger partial charge is 0.321 e. The van der Waals surface area contributed by atoms with E-state index in [2.05, 4.69) is 20.6 Å². The summed E-state index contributed by atoms with van der Waals surface area (Å²) < 4.78 is 0. The number of thiazole rings is 1. The first kappa shape index (κ1) is 19.5. The Labute approximate surface area is 172 Å². The van der Waals surface area contributed by atoms with Crippen LogP contribution < -0.4 is 10.6 Å². The molecule has 5 nitrogen and oxygen atoms in total. The molecule has 0 aliphatic rings. The first-order valence-electron chi connectivity index (χ1n) is 8.40. The highest BCUT2D eigenvalue weighted by Gasteiger charge is 2.20. The Morgan fingerprint density at radius 3 is 2.21 bits per heavy atom. The second kappa shape index (κ2) is 9.12. The average molecular weight is 409 g/mol. The van der Waals surface area contributed by atoms with Gasteiger partial charge in [0.25, 0.3) is 5.91 Å². The molecule has 2 aromatic carbocycles. The number of halogens is 1. The molecule has 0 atom stereocenters. The van der Waals surface area contributed by atoms with Crippen LogP contribution in [-0.2, 0) is 0 Å². The molecule has 0 bridgehead atoms. The van der Waals surface area contributed by atoms with Gasteiger partial charge in [0.15, 0.2) is 5.13 Å². The van der Waals surface area contributed by atoms with Crippen molar-refractivity contribution in [2.75, 3.05) is 10.6 Å². The Morgan fingerprint density at radius 1 is 0.857 bits per heavy atom. The number of aromatic nitrogens is 2. The van der Waals surface area contributed by atoms with Gasteiger partial charge < -0.3 is 10.6 Å². The van der Waals surface area contributed by atoms with Crippen molar-refractivity contribution in [1.29, 1.82) is 0 Å². The number of hydrogen-bond acceptors (Lipinski definition) is 5. The van der Waals surface area contributed by atoms with E-state index in [1.54, 1.807) is 6.20 Å². The topological polar surface area (TPSA) is 66.9 Å². The number of amides is 1. The van der Waals surface area contributed by atoms with Crippen LogP contribution in [0.3, 0.4) is 0 Å². The molecule has 0 spiro atoms. The highest BCUT2D eigenvalue weighted by Crippen LogP contribution is 2.33. The number of para-hydroxylation sites is 1. The summed E-state index contributed by atoms with van der Waals surface area (Å²) in [6.07, 6.45) is 1.71. The molecule has 0 radical (unpaired) electrons. The predicted octanol–water partition coefficient (Wildman–Crippen LogP) is 5.62. The zero-order valence-corrected chi connectivity index (χ0v) is 16.3. The van der Waals surface area contributed by atoms with Crippen LogP contribution in [0.1, 0.15) is 9.67 Å². The van der Waals surface area contributed by atoms with E-state index < -0.39 is 0 Å². The van der Waals surface area contributed by atoms with Crippen molar-refractivity contribution in [2.45, 2.75) is 0 Å². The summed E-state index contributed by atoms with van der Waals surface area (Å²) in [5.74, 6) is 0.493. The van der Waals surface area contributed by atoms with Crippen LogP contribution in [-0.4, -0.2) is 15.9 Å². The Kier molecular flexibility index (Phi) is 6.37. The highest BCUT2D eigenvalue weighted by molar-refractivity contribution is 7.18. The summed E-state index contributed by atoms with van der Waals surface area (Å²) in [6.45, 7) is 0. The maximum atomic E-state index is 12.9. The summed E-state index contributed by atoms with van der Waals surface area (Å²) in [6, 6.07) is 24.7. The minimum absolute atomic E-state index is 0. The van der Waals surface area contributed by atoms with Crippen LogP contribution >= 0.6 is 23.7 Å². The van der Waals surface area contributed by atoms with E-state index in [-0.39, 0.29) is 18.3 Å². The second-order valence-electron chi connectivity index (χ2n) is 5.72. The minimum Gasteiger partial charge on any atom is -0.321 e. The number of nitrogens with zero attached hydrogens (tertiary/aromatic N) is 2. The van der Waals surface area contributed by atoms with Gasteiger partial charge in [0.05, 0.1) is 5.69 Å². The number of pyridine rings is 1. The average Bonchev–Trinajstić information content (AvgIpc) is 3.14. The lowest BCUT2D eigenvalue weighted by Crippen LogP contribution is -2.11. The molecule has 7 heteroatoms. The van der Waals surface area contributed by atoms with Crippen molar-refractivity contribution in [1.82, 2.24) is 9.97 Å². The Morgan fingerprint density at radius 2 is 1.54 bits per heavy atom. The van der Waals surface area contributed by atoms with Crippen LogP contribution in [0.5, 0.6) is 0 Å². The molecule has 1 amide bonds. The second-order valence-corrected chi connectivity index (χ2v) is 6.72. The molecular formula is C21H17ClN4OS. The number of rotatable bonds is 5. The van der Waals surface area contributed by atoms with Gasteiger partial charge in [0.2, 0.25) is 0 Å². The fourth-order valence-electron chi connectivity index (χ4n) is 2.57. The fourth-order valence-corrected chi connectivity index (χ4v) is 3.46. The third kappa shape index (κ3) is 4.54. The van der Waals surface area contributed by atoms with E-state index >= 15 is 0 Å². The molecule has 0 saturated heterocycles. The number of carbonyl (C=O) groups excluding carboxylic acids is 1. The molecule has 0 aliphatic heterocycles. The van der Waals surface area contributed by atoms with Gasteiger partial charge in [-0.05, 0) is 24.3 Å². The van der Waals surface area contributed by atoms with Crippen LogP contribution in [0.4, 0.5) is 16.6 Å². The van der Waals surface area contributed by atoms with E-state index in [0.29, 0.717) is 21.5 Å². The van der Waals surface area contributed by atoms with Crippen LogP contribution in [0, 0.1) is 0 Å². The van der Waals surface area contributed by atoms with Gasteiger partial charge in [-0.25, -0.2) is 9.97 Å². The van der Waals surface area contributed by atoms with E-state index in [9.17, 15) is 4.79 Å². The monoisotopic (exact) mass is 408 g/mol.